The molecule has 0 atom stereocenters. The van der Waals surface area contributed by atoms with E-state index in [-0.39, 0.29) is 5.28 Å². The van der Waals surface area contributed by atoms with Crippen molar-refractivity contribution in [2.45, 2.75) is 20.3 Å². The number of nitrogens with one attached hydrogen (secondary N) is 1. The van der Waals surface area contributed by atoms with E-state index >= 15 is 0 Å². The van der Waals surface area contributed by atoms with E-state index in [1.807, 2.05) is 42.2 Å². The average molecular weight is 292 g/mol. The molecule has 1 heterocycles. The van der Waals surface area contributed by atoms with Crippen molar-refractivity contribution in [3.63, 3.8) is 0 Å². The largest absolute Gasteiger partial charge is 0.354 e. The number of hydrogen-bond donors (Lipinski definition) is 1. The van der Waals surface area contributed by atoms with Gasteiger partial charge in [-0.25, -0.2) is 0 Å². The molecule has 1 aromatic carbocycles. The number of anilines is 3. The molecule has 0 bridgehead atoms. The second kappa shape index (κ2) is 7.05. The van der Waals surface area contributed by atoms with Crippen LogP contribution in [0.15, 0.2) is 30.3 Å². The summed E-state index contributed by atoms with van der Waals surface area (Å²) in [5, 5.41) is 3.33. The normalized spacial score (nSPS) is 10.3. The van der Waals surface area contributed by atoms with Crippen molar-refractivity contribution in [1.82, 2.24) is 15.0 Å². The Morgan fingerprint density at radius 1 is 1.10 bits per heavy atom. The second-order valence-corrected chi connectivity index (χ2v) is 4.57. The fourth-order valence-electron chi connectivity index (χ4n) is 1.82. The Hall–Kier alpha value is -1.88. The van der Waals surface area contributed by atoms with E-state index in [1.165, 1.54) is 0 Å². The fourth-order valence-corrected chi connectivity index (χ4v) is 1.98. The van der Waals surface area contributed by atoms with Gasteiger partial charge in [-0.1, -0.05) is 25.1 Å². The highest BCUT2D eigenvalue weighted by atomic mass is 35.5. The van der Waals surface area contributed by atoms with Crippen molar-refractivity contribution in [1.29, 1.82) is 0 Å². The predicted molar refractivity (Wildman–Crippen MR) is 82.7 cm³/mol. The van der Waals surface area contributed by atoms with E-state index in [0.717, 1.165) is 25.2 Å². The first-order chi connectivity index (χ1) is 9.74. The summed E-state index contributed by atoms with van der Waals surface area (Å²) in [6.45, 7) is 5.68. The van der Waals surface area contributed by atoms with Crippen LogP contribution in [-0.4, -0.2) is 28.0 Å². The third kappa shape index (κ3) is 3.57. The quantitative estimate of drug-likeness (QED) is 0.883. The second-order valence-electron chi connectivity index (χ2n) is 4.23. The van der Waals surface area contributed by atoms with Gasteiger partial charge in [0.05, 0.1) is 0 Å². The number of nitrogens with zero attached hydrogens (tertiary/aromatic N) is 4. The van der Waals surface area contributed by atoms with Gasteiger partial charge in [-0.3, -0.25) is 0 Å². The molecule has 0 radical (unpaired) electrons. The lowest BCUT2D eigenvalue weighted by Gasteiger charge is -2.21. The van der Waals surface area contributed by atoms with Crippen LogP contribution in [-0.2, 0) is 0 Å². The Morgan fingerprint density at radius 2 is 1.85 bits per heavy atom. The molecule has 0 aliphatic rings. The zero-order valence-electron chi connectivity index (χ0n) is 11.7. The molecule has 0 unspecified atom stereocenters. The molecule has 0 saturated carbocycles. The molecule has 0 amide bonds. The number of benzene rings is 1. The predicted octanol–water partition coefficient (Wildman–Crippen LogP) is 3.50. The molecule has 0 fully saturated rings. The molecule has 1 N–H and O–H groups in total. The van der Waals surface area contributed by atoms with Gasteiger partial charge >= 0.3 is 0 Å². The van der Waals surface area contributed by atoms with Gasteiger partial charge in [-0.05, 0) is 37.1 Å². The summed E-state index contributed by atoms with van der Waals surface area (Å²) in [6, 6.07) is 9.97. The lowest BCUT2D eigenvalue weighted by molar-refractivity contribution is 0.900. The highest BCUT2D eigenvalue weighted by molar-refractivity contribution is 6.28. The number of hydrogen-bond acceptors (Lipinski definition) is 5. The zero-order chi connectivity index (χ0) is 14.4. The van der Waals surface area contributed by atoms with Gasteiger partial charge < -0.3 is 10.2 Å². The average Bonchev–Trinajstić information content (AvgIpc) is 2.46. The first-order valence-corrected chi connectivity index (χ1v) is 7.10. The lowest BCUT2D eigenvalue weighted by atomic mass is 10.3. The third-order valence-electron chi connectivity index (χ3n) is 2.75. The monoisotopic (exact) mass is 291 g/mol. The van der Waals surface area contributed by atoms with E-state index in [1.54, 1.807) is 0 Å². The van der Waals surface area contributed by atoms with Gasteiger partial charge in [0.1, 0.15) is 0 Å². The Kier molecular flexibility index (Phi) is 5.12. The highest BCUT2D eigenvalue weighted by Crippen LogP contribution is 2.23. The first-order valence-electron chi connectivity index (χ1n) is 6.72. The summed E-state index contributed by atoms with van der Waals surface area (Å²) < 4.78 is 0. The standard InChI is InChI=1S/C14H18ClN5/c1-3-10-16-13-17-12(15)18-14(19-13)20(4-2)11-8-6-5-7-9-11/h5-9H,3-4,10H2,1-2H3,(H,16,17,18,19). The lowest BCUT2D eigenvalue weighted by Crippen LogP contribution is -2.20. The number of para-hydroxylation sites is 1. The number of aromatic nitrogens is 3. The van der Waals surface area contributed by atoms with Crippen LogP contribution in [0.25, 0.3) is 0 Å². The maximum Gasteiger partial charge on any atom is 0.236 e. The minimum absolute atomic E-state index is 0.197. The molecule has 6 heteroatoms. The minimum Gasteiger partial charge on any atom is -0.354 e. The molecule has 0 saturated heterocycles. The van der Waals surface area contributed by atoms with Gasteiger partial charge in [0, 0.05) is 18.8 Å². The molecule has 5 nitrogen and oxygen atoms in total. The van der Waals surface area contributed by atoms with Crippen LogP contribution in [0.4, 0.5) is 17.6 Å². The van der Waals surface area contributed by atoms with Crippen LogP contribution in [0.5, 0.6) is 0 Å². The molecule has 0 aliphatic carbocycles. The van der Waals surface area contributed by atoms with Crippen LogP contribution in [0, 0.1) is 0 Å². The van der Waals surface area contributed by atoms with Crippen molar-refractivity contribution in [2.75, 3.05) is 23.3 Å². The van der Waals surface area contributed by atoms with Crippen molar-refractivity contribution >= 4 is 29.2 Å². The van der Waals surface area contributed by atoms with E-state index in [0.29, 0.717) is 11.9 Å². The van der Waals surface area contributed by atoms with Gasteiger partial charge in [0.2, 0.25) is 17.2 Å². The number of halogens is 1. The maximum atomic E-state index is 5.99. The SMILES string of the molecule is CCCNc1nc(Cl)nc(N(CC)c2ccccc2)n1. The molecule has 20 heavy (non-hydrogen) atoms. The van der Waals surface area contributed by atoms with Crippen LogP contribution in [0.3, 0.4) is 0 Å². The fraction of sp³-hybridized carbons (Fsp3) is 0.357. The molecule has 0 spiro atoms. The third-order valence-corrected chi connectivity index (χ3v) is 2.92. The first kappa shape index (κ1) is 14.5. The Bertz CT molecular complexity index is 547. The van der Waals surface area contributed by atoms with E-state index in [2.05, 4.69) is 27.2 Å². The summed E-state index contributed by atoms with van der Waals surface area (Å²) >= 11 is 5.99. The molecule has 0 aliphatic heterocycles. The summed E-state index contributed by atoms with van der Waals surface area (Å²) in [4.78, 5) is 14.7. The molecular formula is C14H18ClN5. The summed E-state index contributed by atoms with van der Waals surface area (Å²) in [5.41, 5.74) is 1.03. The molecular weight excluding hydrogens is 274 g/mol. The van der Waals surface area contributed by atoms with Crippen molar-refractivity contribution < 1.29 is 0 Å². The Morgan fingerprint density at radius 3 is 2.50 bits per heavy atom. The number of rotatable bonds is 6. The van der Waals surface area contributed by atoms with Crippen molar-refractivity contribution in [2.24, 2.45) is 0 Å². The molecule has 1 aromatic heterocycles. The van der Waals surface area contributed by atoms with Gasteiger partial charge in [0.25, 0.3) is 0 Å². The van der Waals surface area contributed by atoms with Crippen molar-refractivity contribution in [3.8, 4) is 0 Å². The van der Waals surface area contributed by atoms with E-state index in [9.17, 15) is 0 Å². The van der Waals surface area contributed by atoms with E-state index < -0.39 is 0 Å². The topological polar surface area (TPSA) is 53.9 Å². The van der Waals surface area contributed by atoms with E-state index in [4.69, 9.17) is 11.6 Å². The van der Waals surface area contributed by atoms with Gasteiger partial charge in [-0.2, -0.15) is 15.0 Å². The molecule has 2 rings (SSSR count). The molecule has 106 valence electrons. The Labute approximate surface area is 124 Å². The van der Waals surface area contributed by atoms with Crippen molar-refractivity contribution in [3.05, 3.63) is 35.6 Å². The van der Waals surface area contributed by atoms with Gasteiger partial charge in [-0.15, -0.1) is 0 Å². The molecule has 2 aromatic rings. The zero-order valence-corrected chi connectivity index (χ0v) is 12.4. The minimum atomic E-state index is 0.197. The summed E-state index contributed by atoms with van der Waals surface area (Å²) in [7, 11) is 0. The van der Waals surface area contributed by atoms with Gasteiger partial charge in [0.15, 0.2) is 0 Å². The van der Waals surface area contributed by atoms with Crippen LogP contribution >= 0.6 is 11.6 Å². The van der Waals surface area contributed by atoms with Crippen LogP contribution in [0.2, 0.25) is 5.28 Å². The van der Waals surface area contributed by atoms with Crippen LogP contribution < -0.4 is 10.2 Å². The smallest absolute Gasteiger partial charge is 0.236 e. The maximum absolute atomic E-state index is 5.99. The summed E-state index contributed by atoms with van der Waals surface area (Å²) in [5.74, 6) is 1.06. The summed E-state index contributed by atoms with van der Waals surface area (Å²) in [6.07, 6.45) is 0.995. The van der Waals surface area contributed by atoms with Crippen LogP contribution in [0.1, 0.15) is 20.3 Å². The Balaban J connectivity index is 2.32. The highest BCUT2D eigenvalue weighted by Gasteiger charge is 2.13.